The first kappa shape index (κ1) is 21.3. The molecule has 0 spiro atoms. The van der Waals surface area contributed by atoms with Gasteiger partial charge in [-0.1, -0.05) is 6.07 Å². The van der Waals surface area contributed by atoms with Crippen molar-refractivity contribution in [3.63, 3.8) is 0 Å². The van der Waals surface area contributed by atoms with E-state index in [9.17, 15) is 4.79 Å². The van der Waals surface area contributed by atoms with Crippen molar-refractivity contribution in [2.45, 2.75) is 32.2 Å². The lowest BCUT2D eigenvalue weighted by Crippen LogP contribution is -2.48. The van der Waals surface area contributed by atoms with Crippen LogP contribution in [0.3, 0.4) is 0 Å². The van der Waals surface area contributed by atoms with E-state index in [0.29, 0.717) is 36.6 Å². The highest BCUT2D eigenvalue weighted by Crippen LogP contribution is 2.40. The third-order valence-corrected chi connectivity index (χ3v) is 3.40. The molecule has 6 nitrogen and oxygen atoms in total. The maximum absolute atomic E-state index is 12.0. The van der Waals surface area contributed by atoms with Crippen molar-refractivity contribution in [1.82, 2.24) is 5.32 Å². The molecule has 0 aromatic heterocycles. The Bertz CT molecular complexity index is 521. The van der Waals surface area contributed by atoms with Crippen LogP contribution in [0.1, 0.15) is 25.8 Å². The average molecular weight is 347 g/mol. The molecule has 0 saturated heterocycles. The van der Waals surface area contributed by atoms with E-state index in [-0.39, 0.29) is 18.3 Å². The Morgan fingerprint density at radius 1 is 1.13 bits per heavy atom. The summed E-state index contributed by atoms with van der Waals surface area (Å²) in [6.45, 7) is 4.17. The van der Waals surface area contributed by atoms with Crippen LogP contribution < -0.4 is 25.3 Å². The number of halogens is 1. The van der Waals surface area contributed by atoms with Gasteiger partial charge < -0.3 is 25.3 Å². The smallest absolute Gasteiger partial charge is 0.220 e. The largest absolute Gasteiger partial charge is 0.493 e. The molecule has 0 radical (unpaired) electrons. The Kier molecular flexibility index (Phi) is 8.79. The quantitative estimate of drug-likeness (QED) is 0.751. The monoisotopic (exact) mass is 346 g/mol. The molecule has 0 aliphatic rings. The highest BCUT2D eigenvalue weighted by atomic mass is 35.5. The van der Waals surface area contributed by atoms with E-state index in [1.807, 2.05) is 19.9 Å². The molecular formula is C16H27ClN2O4. The second-order valence-corrected chi connectivity index (χ2v) is 5.63. The molecule has 23 heavy (non-hydrogen) atoms. The van der Waals surface area contributed by atoms with Crippen LogP contribution in [0.25, 0.3) is 0 Å². The first-order chi connectivity index (χ1) is 10.4. The van der Waals surface area contributed by atoms with Crippen molar-refractivity contribution in [3.8, 4) is 17.2 Å². The van der Waals surface area contributed by atoms with Crippen molar-refractivity contribution in [1.29, 1.82) is 0 Å². The average Bonchev–Trinajstić information content (AvgIpc) is 2.51. The molecular weight excluding hydrogens is 320 g/mol. The number of hydrogen-bond acceptors (Lipinski definition) is 5. The van der Waals surface area contributed by atoms with E-state index >= 15 is 0 Å². The van der Waals surface area contributed by atoms with Crippen LogP contribution in [0, 0.1) is 0 Å². The molecule has 0 saturated carbocycles. The summed E-state index contributed by atoms with van der Waals surface area (Å²) in [5, 5.41) is 2.90. The van der Waals surface area contributed by atoms with Crippen molar-refractivity contribution < 1.29 is 19.0 Å². The molecule has 0 aliphatic heterocycles. The Labute approximate surface area is 144 Å². The number of nitrogens with two attached hydrogens (primary N) is 1. The van der Waals surface area contributed by atoms with Crippen molar-refractivity contribution in [3.05, 3.63) is 17.7 Å². The van der Waals surface area contributed by atoms with Crippen molar-refractivity contribution >= 4 is 18.3 Å². The lowest BCUT2D eigenvalue weighted by molar-refractivity contribution is -0.122. The zero-order chi connectivity index (χ0) is 16.8. The van der Waals surface area contributed by atoms with E-state index in [1.165, 1.54) is 0 Å². The third-order valence-electron chi connectivity index (χ3n) is 3.40. The summed E-state index contributed by atoms with van der Waals surface area (Å²) in [7, 11) is 4.69. The summed E-state index contributed by atoms with van der Waals surface area (Å²) in [5.74, 6) is 1.67. The first-order valence-electron chi connectivity index (χ1n) is 7.17. The normalized spacial score (nSPS) is 10.5. The molecule has 1 aromatic rings. The van der Waals surface area contributed by atoms with Crippen LogP contribution in [-0.4, -0.2) is 39.3 Å². The van der Waals surface area contributed by atoms with Crippen LogP contribution in [0.4, 0.5) is 0 Å². The molecule has 132 valence electrons. The van der Waals surface area contributed by atoms with Gasteiger partial charge in [0.1, 0.15) is 0 Å². The minimum atomic E-state index is -0.404. The number of rotatable bonds is 8. The van der Waals surface area contributed by atoms with Gasteiger partial charge in [0.15, 0.2) is 11.5 Å². The molecule has 0 atom stereocenters. The topological polar surface area (TPSA) is 82.8 Å². The van der Waals surface area contributed by atoms with Gasteiger partial charge in [0, 0.05) is 18.5 Å². The van der Waals surface area contributed by atoms with E-state index in [0.717, 1.165) is 5.56 Å². The van der Waals surface area contributed by atoms with Gasteiger partial charge in [-0.25, -0.2) is 0 Å². The maximum atomic E-state index is 12.0. The van der Waals surface area contributed by atoms with Gasteiger partial charge in [0.2, 0.25) is 11.7 Å². The van der Waals surface area contributed by atoms with Crippen LogP contribution >= 0.6 is 12.4 Å². The lowest BCUT2D eigenvalue weighted by atomic mass is 10.0. The minimum Gasteiger partial charge on any atom is -0.493 e. The number of methoxy groups -OCH3 is 3. The van der Waals surface area contributed by atoms with E-state index in [1.54, 1.807) is 27.4 Å². The summed E-state index contributed by atoms with van der Waals surface area (Å²) in [6, 6.07) is 3.68. The fourth-order valence-electron chi connectivity index (χ4n) is 2.10. The Balaban J connectivity index is 0.00000484. The number of amides is 1. The van der Waals surface area contributed by atoms with Crippen LogP contribution in [0.15, 0.2) is 12.1 Å². The highest BCUT2D eigenvalue weighted by molar-refractivity contribution is 5.85. The van der Waals surface area contributed by atoms with Gasteiger partial charge in [0.25, 0.3) is 0 Å². The number of aryl methyl sites for hydroxylation is 1. The number of carbonyl (C=O) groups is 1. The molecule has 0 fully saturated rings. The number of nitrogens with one attached hydrogen (secondary N) is 1. The summed E-state index contributed by atoms with van der Waals surface area (Å²) >= 11 is 0. The third kappa shape index (κ3) is 5.80. The fraction of sp³-hybridized carbons (Fsp3) is 0.562. The summed E-state index contributed by atoms with van der Waals surface area (Å²) in [4.78, 5) is 12.0. The van der Waals surface area contributed by atoms with E-state index < -0.39 is 5.54 Å². The van der Waals surface area contributed by atoms with E-state index in [4.69, 9.17) is 19.9 Å². The molecule has 7 heteroatoms. The van der Waals surface area contributed by atoms with Gasteiger partial charge in [-0.15, -0.1) is 12.4 Å². The number of carbonyl (C=O) groups excluding carboxylic acids is 1. The summed E-state index contributed by atoms with van der Waals surface area (Å²) in [6.07, 6.45) is 0.880. The van der Waals surface area contributed by atoms with Crippen molar-refractivity contribution in [2.24, 2.45) is 5.73 Å². The Hall–Kier alpha value is -1.66. The van der Waals surface area contributed by atoms with Crippen LogP contribution in [0.2, 0.25) is 0 Å². The molecule has 1 aromatic carbocycles. The Morgan fingerprint density at radius 3 is 2.22 bits per heavy atom. The van der Waals surface area contributed by atoms with Crippen LogP contribution in [0.5, 0.6) is 17.2 Å². The standard InChI is InChI=1S/C16H26N2O4.ClH/c1-16(2,10-17)18-13(19)9-7-11-6-8-12(20-3)15(22-5)14(11)21-4;/h6,8H,7,9-10,17H2,1-5H3,(H,18,19);1H. The summed E-state index contributed by atoms with van der Waals surface area (Å²) < 4.78 is 16.0. The van der Waals surface area contributed by atoms with Gasteiger partial charge >= 0.3 is 0 Å². The highest BCUT2D eigenvalue weighted by Gasteiger charge is 2.20. The molecule has 3 N–H and O–H groups in total. The van der Waals surface area contributed by atoms with Gasteiger partial charge in [-0.2, -0.15) is 0 Å². The number of hydrogen-bond donors (Lipinski definition) is 2. The molecule has 0 aliphatic carbocycles. The molecule has 1 rings (SSSR count). The Morgan fingerprint density at radius 2 is 1.74 bits per heavy atom. The van der Waals surface area contributed by atoms with Crippen LogP contribution in [-0.2, 0) is 11.2 Å². The molecule has 0 bridgehead atoms. The molecule has 0 unspecified atom stereocenters. The predicted octanol–water partition coefficient (Wildman–Crippen LogP) is 1.92. The van der Waals surface area contributed by atoms with Gasteiger partial charge in [0.05, 0.1) is 21.3 Å². The second kappa shape index (κ2) is 9.47. The van der Waals surface area contributed by atoms with E-state index in [2.05, 4.69) is 5.32 Å². The SMILES string of the molecule is COc1ccc(CCC(=O)NC(C)(C)CN)c(OC)c1OC.Cl. The number of ether oxygens (including phenoxy) is 3. The lowest BCUT2D eigenvalue weighted by Gasteiger charge is -2.24. The van der Waals surface area contributed by atoms with Crippen molar-refractivity contribution in [2.75, 3.05) is 27.9 Å². The summed E-state index contributed by atoms with van der Waals surface area (Å²) in [5.41, 5.74) is 6.10. The minimum absolute atomic E-state index is 0. The zero-order valence-electron chi connectivity index (χ0n) is 14.4. The number of benzene rings is 1. The van der Waals surface area contributed by atoms with Gasteiger partial charge in [-0.05, 0) is 31.9 Å². The van der Waals surface area contributed by atoms with Gasteiger partial charge in [-0.3, -0.25) is 4.79 Å². The zero-order valence-corrected chi connectivity index (χ0v) is 15.2. The maximum Gasteiger partial charge on any atom is 0.220 e. The first-order valence-corrected chi connectivity index (χ1v) is 7.17. The fourth-order valence-corrected chi connectivity index (χ4v) is 2.10. The second-order valence-electron chi connectivity index (χ2n) is 5.63. The molecule has 1 amide bonds. The molecule has 0 heterocycles. The predicted molar refractivity (Wildman–Crippen MR) is 92.9 cm³/mol.